The van der Waals surface area contributed by atoms with Crippen molar-refractivity contribution in [3.8, 4) is 0 Å². The summed E-state index contributed by atoms with van der Waals surface area (Å²) in [6, 6.07) is 15.2. The highest BCUT2D eigenvalue weighted by Gasteiger charge is 2.30. The molecule has 1 heterocycles. The summed E-state index contributed by atoms with van der Waals surface area (Å²) in [5, 5.41) is 23.1. The maximum Gasteiger partial charge on any atom is 0.415 e. The number of fused-ring (bicyclic) bond motifs is 1. The Morgan fingerprint density at radius 3 is 2.42 bits per heavy atom. The van der Waals surface area contributed by atoms with E-state index < -0.39 is 24.3 Å². The van der Waals surface area contributed by atoms with E-state index in [2.05, 4.69) is 10.3 Å². The first-order chi connectivity index (χ1) is 14.8. The van der Waals surface area contributed by atoms with Crippen LogP contribution in [0.25, 0.3) is 11.1 Å². The highest BCUT2D eigenvalue weighted by atomic mass is 16.4. The van der Waals surface area contributed by atoms with Gasteiger partial charge in [0.15, 0.2) is 11.7 Å². The summed E-state index contributed by atoms with van der Waals surface area (Å²) in [5.41, 5.74) is 2.15. The number of urea groups is 1. The lowest BCUT2D eigenvalue weighted by Crippen LogP contribution is -2.50. The van der Waals surface area contributed by atoms with Gasteiger partial charge in [0, 0.05) is 6.54 Å². The molecule has 0 radical (unpaired) electrons. The molecule has 1 aromatic heterocycles. The fourth-order valence-corrected chi connectivity index (χ4v) is 3.31. The second-order valence-electron chi connectivity index (χ2n) is 7.83. The zero-order valence-corrected chi connectivity index (χ0v) is 17.6. The van der Waals surface area contributed by atoms with Crippen molar-refractivity contribution in [1.29, 1.82) is 0 Å². The number of benzene rings is 2. The van der Waals surface area contributed by atoms with Crippen LogP contribution in [0.5, 0.6) is 0 Å². The largest absolute Gasteiger partial charge is 0.465 e. The average Bonchev–Trinajstić information content (AvgIpc) is 3.19. The van der Waals surface area contributed by atoms with Gasteiger partial charge in [-0.25, -0.2) is 19.5 Å². The predicted octanol–water partition coefficient (Wildman–Crippen LogP) is 4.21. The van der Waals surface area contributed by atoms with E-state index in [0.29, 0.717) is 23.9 Å². The van der Waals surface area contributed by atoms with Crippen molar-refractivity contribution < 1.29 is 24.2 Å². The van der Waals surface area contributed by atoms with Crippen LogP contribution in [0.4, 0.5) is 9.59 Å². The van der Waals surface area contributed by atoms with Gasteiger partial charge in [0.2, 0.25) is 5.89 Å². The van der Waals surface area contributed by atoms with Gasteiger partial charge in [-0.05, 0) is 36.5 Å². The summed E-state index contributed by atoms with van der Waals surface area (Å²) in [7, 11) is 0. The van der Waals surface area contributed by atoms with Gasteiger partial charge in [0.25, 0.3) is 0 Å². The minimum Gasteiger partial charge on any atom is -0.465 e. The van der Waals surface area contributed by atoms with Crippen molar-refractivity contribution >= 4 is 23.2 Å². The van der Waals surface area contributed by atoms with Gasteiger partial charge in [-0.15, -0.1) is 0 Å². The van der Waals surface area contributed by atoms with Gasteiger partial charge in [0.1, 0.15) is 5.52 Å². The number of amides is 3. The number of carbonyl (C=O) groups is 2. The molecule has 0 saturated carbocycles. The van der Waals surface area contributed by atoms with E-state index >= 15 is 0 Å². The summed E-state index contributed by atoms with van der Waals surface area (Å²) in [6.07, 6.45) is -1.65. The third-order valence-electron chi connectivity index (χ3n) is 4.86. The number of aromatic nitrogens is 1. The number of rotatable bonds is 8. The molecule has 0 saturated heterocycles. The van der Waals surface area contributed by atoms with Crippen molar-refractivity contribution in [2.75, 3.05) is 6.54 Å². The number of carbonyl (C=O) groups excluding carboxylic acids is 1. The Balaban J connectivity index is 1.82. The maximum atomic E-state index is 12.7. The molecule has 164 valence electrons. The van der Waals surface area contributed by atoms with Crippen molar-refractivity contribution in [2.24, 2.45) is 5.92 Å². The first kappa shape index (κ1) is 22.3. The van der Waals surface area contributed by atoms with Crippen LogP contribution in [0.1, 0.15) is 37.8 Å². The van der Waals surface area contributed by atoms with Crippen LogP contribution in [0, 0.1) is 5.92 Å². The molecule has 1 unspecified atom stereocenters. The quantitative estimate of drug-likeness (QED) is 0.498. The van der Waals surface area contributed by atoms with Crippen molar-refractivity contribution in [2.45, 2.75) is 38.8 Å². The molecule has 31 heavy (non-hydrogen) atoms. The molecule has 3 amide bonds. The van der Waals surface area contributed by atoms with Crippen LogP contribution in [0.3, 0.4) is 0 Å². The first-order valence-corrected chi connectivity index (χ1v) is 10.2. The molecule has 8 heteroatoms. The number of para-hydroxylation sites is 2. The number of aliphatic hydroxyl groups is 1. The molecular formula is C23H27N3O5. The predicted molar refractivity (Wildman–Crippen MR) is 116 cm³/mol. The lowest BCUT2D eigenvalue weighted by Gasteiger charge is -2.26. The molecule has 3 N–H and O–H groups in total. The third kappa shape index (κ3) is 5.82. The number of hydrogen-bond donors (Lipinski definition) is 3. The molecule has 0 spiro atoms. The van der Waals surface area contributed by atoms with E-state index in [9.17, 15) is 19.8 Å². The Kier molecular flexibility index (Phi) is 7.25. The van der Waals surface area contributed by atoms with E-state index in [1.54, 1.807) is 18.2 Å². The third-order valence-corrected chi connectivity index (χ3v) is 4.86. The second kappa shape index (κ2) is 10.1. The van der Waals surface area contributed by atoms with E-state index in [1.165, 1.54) is 0 Å². The fourth-order valence-electron chi connectivity index (χ4n) is 3.31. The Bertz CT molecular complexity index is 985. The SMILES string of the molecule is CC(C)CN(C(=O)O)C(=O)N[C@@H](CCc1ccccc1)C(O)c1nc2ccccc2o1. The maximum absolute atomic E-state index is 12.7. The van der Waals surface area contributed by atoms with Crippen LogP contribution >= 0.6 is 0 Å². The average molecular weight is 425 g/mol. The van der Waals surface area contributed by atoms with Gasteiger partial charge < -0.3 is 19.9 Å². The summed E-state index contributed by atoms with van der Waals surface area (Å²) >= 11 is 0. The monoisotopic (exact) mass is 425 g/mol. The molecular weight excluding hydrogens is 398 g/mol. The summed E-state index contributed by atoms with van der Waals surface area (Å²) in [5.74, 6) is 0.0388. The minimum atomic E-state index is -1.34. The van der Waals surface area contributed by atoms with Gasteiger partial charge in [-0.1, -0.05) is 56.3 Å². The summed E-state index contributed by atoms with van der Waals surface area (Å²) in [4.78, 5) is 29.3. The number of nitrogens with zero attached hydrogens (tertiary/aromatic N) is 2. The lowest BCUT2D eigenvalue weighted by molar-refractivity contribution is 0.0936. The Hall–Kier alpha value is -3.39. The standard InChI is InChI=1S/C23H27N3O5/c1-15(2)14-26(23(29)30)22(28)25-18(13-12-16-8-4-3-5-9-16)20(27)21-24-17-10-6-7-11-19(17)31-21/h3-11,15,18,20,27H,12-14H2,1-2H3,(H,25,28)(H,29,30)/t18-,20?/m0/s1. The Labute approximate surface area is 180 Å². The Morgan fingerprint density at radius 2 is 1.77 bits per heavy atom. The second-order valence-corrected chi connectivity index (χ2v) is 7.83. The molecule has 2 aromatic carbocycles. The van der Waals surface area contributed by atoms with Gasteiger partial charge in [-0.2, -0.15) is 0 Å². The number of hydrogen-bond acceptors (Lipinski definition) is 5. The highest BCUT2D eigenvalue weighted by molar-refractivity contribution is 5.90. The fraction of sp³-hybridized carbons (Fsp3) is 0.348. The van der Waals surface area contributed by atoms with E-state index in [1.807, 2.05) is 50.2 Å². The van der Waals surface area contributed by atoms with E-state index in [4.69, 9.17) is 4.42 Å². The zero-order chi connectivity index (χ0) is 22.4. The molecule has 3 rings (SSSR count). The highest BCUT2D eigenvalue weighted by Crippen LogP contribution is 2.24. The number of aryl methyl sites for hydroxylation is 1. The van der Waals surface area contributed by atoms with Crippen LogP contribution < -0.4 is 5.32 Å². The van der Waals surface area contributed by atoms with Crippen molar-refractivity contribution in [1.82, 2.24) is 15.2 Å². The van der Waals surface area contributed by atoms with Gasteiger partial charge in [0.05, 0.1) is 6.04 Å². The number of aliphatic hydroxyl groups excluding tert-OH is 1. The van der Waals surface area contributed by atoms with Crippen LogP contribution in [-0.2, 0) is 6.42 Å². The van der Waals surface area contributed by atoms with E-state index in [0.717, 1.165) is 10.5 Å². The van der Waals surface area contributed by atoms with Gasteiger partial charge in [-0.3, -0.25) is 0 Å². The molecule has 0 bridgehead atoms. The molecule has 3 aromatic rings. The number of oxazole rings is 1. The van der Waals surface area contributed by atoms with Crippen LogP contribution in [0.15, 0.2) is 59.0 Å². The number of nitrogens with one attached hydrogen (secondary N) is 1. The molecule has 8 nitrogen and oxygen atoms in total. The Morgan fingerprint density at radius 1 is 1.10 bits per heavy atom. The molecule has 0 aliphatic rings. The molecule has 2 atom stereocenters. The van der Waals surface area contributed by atoms with Crippen molar-refractivity contribution in [3.05, 3.63) is 66.1 Å². The minimum absolute atomic E-state index is 0.0356. The normalized spacial score (nSPS) is 13.2. The molecule has 0 aliphatic carbocycles. The summed E-state index contributed by atoms with van der Waals surface area (Å²) < 4.78 is 5.67. The van der Waals surface area contributed by atoms with Crippen LogP contribution in [-0.4, -0.2) is 44.8 Å². The molecule has 0 fully saturated rings. The first-order valence-electron chi connectivity index (χ1n) is 10.2. The number of carboxylic acid groups (broad SMARTS) is 1. The smallest absolute Gasteiger partial charge is 0.415 e. The lowest BCUT2D eigenvalue weighted by atomic mass is 10.0. The van der Waals surface area contributed by atoms with Crippen LogP contribution in [0.2, 0.25) is 0 Å². The summed E-state index contributed by atoms with van der Waals surface area (Å²) in [6.45, 7) is 3.69. The number of imide groups is 1. The van der Waals surface area contributed by atoms with Crippen molar-refractivity contribution in [3.63, 3.8) is 0 Å². The molecule has 0 aliphatic heterocycles. The van der Waals surface area contributed by atoms with E-state index in [-0.39, 0.29) is 18.4 Å². The van der Waals surface area contributed by atoms with Gasteiger partial charge >= 0.3 is 12.1 Å². The zero-order valence-electron chi connectivity index (χ0n) is 17.6. The topological polar surface area (TPSA) is 116 Å².